The third-order valence-corrected chi connectivity index (χ3v) is 9.22. The number of benzene rings is 4. The Bertz CT molecular complexity index is 2190. The Morgan fingerprint density at radius 2 is 1.53 bits per heavy atom. The molecule has 0 aliphatic carbocycles. The molecule has 55 heavy (non-hydrogen) atoms. The average Bonchev–Trinajstić information content (AvgIpc) is 3.13. The molecule has 1 heterocycles. The molecule has 0 amide bonds. The number of cyclic esters (lactones) is 1. The third-order valence-electron chi connectivity index (χ3n) is 9.22. The molecular weight excluding hydrogens is 708 g/mol. The molecule has 4 aromatic rings. The quantitative estimate of drug-likeness (QED) is 0.0593. The van der Waals surface area contributed by atoms with E-state index in [1.165, 1.54) is 56.5 Å². The largest absolute Gasteiger partial charge is 0.507 e. The first-order chi connectivity index (χ1) is 25.9. The average molecular weight is 755 g/mol. The van der Waals surface area contributed by atoms with Gasteiger partial charge in [0.25, 0.3) is 0 Å². The second-order valence-corrected chi connectivity index (χ2v) is 14.4. The molecule has 0 aromatic heterocycles. The highest BCUT2D eigenvalue weighted by molar-refractivity contribution is 6.15. The number of carbonyl (C=O) groups is 3. The molecule has 0 bridgehead atoms. The van der Waals surface area contributed by atoms with Crippen LogP contribution in [0, 0.1) is 19.8 Å². The normalized spacial score (nSPS) is 15.6. The summed E-state index contributed by atoms with van der Waals surface area (Å²) in [5.41, 5.74) is 1.02. The number of aryl methyl sites for hydroxylation is 2. The van der Waals surface area contributed by atoms with Gasteiger partial charge < -0.3 is 44.5 Å². The summed E-state index contributed by atoms with van der Waals surface area (Å²) in [6.07, 6.45) is -2.05. The number of hydrogen-bond donors (Lipinski definition) is 5. The number of phenols is 4. The lowest BCUT2D eigenvalue weighted by Gasteiger charge is -2.27. The first kappa shape index (κ1) is 40.2. The van der Waals surface area contributed by atoms with E-state index in [0.717, 1.165) is 5.57 Å². The van der Waals surface area contributed by atoms with E-state index in [4.69, 9.17) is 18.9 Å². The van der Waals surface area contributed by atoms with Crippen molar-refractivity contribution in [3.63, 3.8) is 0 Å². The van der Waals surface area contributed by atoms with Gasteiger partial charge in [-0.05, 0) is 99.5 Å². The highest BCUT2D eigenvalue weighted by Crippen LogP contribution is 2.50. The second-order valence-electron chi connectivity index (χ2n) is 14.4. The van der Waals surface area contributed by atoms with E-state index in [-0.39, 0.29) is 52.0 Å². The molecule has 290 valence electrons. The molecule has 0 unspecified atom stereocenters. The maximum atomic E-state index is 14.5. The summed E-state index contributed by atoms with van der Waals surface area (Å²) in [5.74, 6) is -5.13. The smallest absolute Gasteiger partial charge is 0.346 e. The van der Waals surface area contributed by atoms with E-state index >= 15 is 0 Å². The van der Waals surface area contributed by atoms with Crippen LogP contribution < -0.4 is 9.47 Å². The molecule has 0 saturated carbocycles. The summed E-state index contributed by atoms with van der Waals surface area (Å²) >= 11 is 0. The summed E-state index contributed by atoms with van der Waals surface area (Å²) in [6.45, 7) is 12.1. The zero-order valence-electron chi connectivity index (χ0n) is 32.0. The number of allylic oxidation sites excluding steroid dienone is 2. The highest BCUT2D eigenvalue weighted by Gasteiger charge is 2.40. The maximum Gasteiger partial charge on any atom is 0.346 e. The number of aliphatic hydroxyl groups excluding tert-OH is 1. The topological polar surface area (TPSA) is 189 Å². The minimum absolute atomic E-state index is 0.0300. The Morgan fingerprint density at radius 3 is 2.15 bits per heavy atom. The fourth-order valence-corrected chi connectivity index (χ4v) is 6.78. The minimum atomic E-state index is -1.83. The van der Waals surface area contributed by atoms with Gasteiger partial charge in [-0.1, -0.05) is 37.6 Å². The van der Waals surface area contributed by atoms with Gasteiger partial charge in [-0.3, -0.25) is 9.59 Å². The molecule has 0 fully saturated rings. The Labute approximate surface area is 319 Å². The van der Waals surface area contributed by atoms with E-state index in [0.29, 0.717) is 28.7 Å². The number of phenolic OH excluding ortho intramolecular Hbond substituents is 4. The molecule has 0 saturated heterocycles. The zero-order chi connectivity index (χ0) is 40.5. The first-order valence-corrected chi connectivity index (χ1v) is 17.8. The van der Waals surface area contributed by atoms with Gasteiger partial charge in [-0.15, -0.1) is 0 Å². The minimum Gasteiger partial charge on any atom is -0.507 e. The number of aromatic hydroxyl groups is 4. The third kappa shape index (κ3) is 8.24. The summed E-state index contributed by atoms with van der Waals surface area (Å²) in [7, 11) is 1.31. The van der Waals surface area contributed by atoms with E-state index in [1.807, 2.05) is 33.8 Å². The maximum absolute atomic E-state index is 14.5. The standard InChI is InChI=1S/C43H46O12/c1-20(2)9-10-25-11-13-29(45)35(37(25)48)39(50)34-27(16-22(5)18-30(34)46)42-38(49)28-17-23(6)19-31(47)40(28)54-32-14-12-26(33(15-21(3)4)53-24(7)44)41(52-8)36(32)43(51)55-42/h9,11-14,16-19,21,33,38,42,45-49H,10,15H2,1-8H3/t33-,38+,42+/m0/s1. The van der Waals surface area contributed by atoms with Gasteiger partial charge in [0, 0.05) is 23.6 Å². The Kier molecular flexibility index (Phi) is 11.8. The van der Waals surface area contributed by atoms with Crippen LogP contribution in [0.25, 0.3) is 0 Å². The molecule has 12 heteroatoms. The fourth-order valence-electron chi connectivity index (χ4n) is 6.78. The molecular formula is C43H46O12. The summed E-state index contributed by atoms with van der Waals surface area (Å²) in [4.78, 5) is 41.2. The van der Waals surface area contributed by atoms with E-state index in [1.54, 1.807) is 19.9 Å². The Morgan fingerprint density at radius 1 is 0.873 bits per heavy atom. The van der Waals surface area contributed by atoms with Gasteiger partial charge in [0.2, 0.25) is 5.78 Å². The number of fused-ring (bicyclic) bond motifs is 2. The number of rotatable bonds is 10. The number of hydrogen-bond acceptors (Lipinski definition) is 12. The van der Waals surface area contributed by atoms with Crippen LogP contribution in [0.1, 0.15) is 119 Å². The van der Waals surface area contributed by atoms with Gasteiger partial charge in [0.1, 0.15) is 52.1 Å². The number of aliphatic hydroxyl groups is 1. The van der Waals surface area contributed by atoms with Gasteiger partial charge in [-0.25, -0.2) is 4.79 Å². The van der Waals surface area contributed by atoms with Crippen LogP contribution in [0.3, 0.4) is 0 Å². The van der Waals surface area contributed by atoms with Crippen LogP contribution in [-0.4, -0.2) is 50.4 Å². The van der Waals surface area contributed by atoms with E-state index < -0.39 is 64.4 Å². The predicted molar refractivity (Wildman–Crippen MR) is 202 cm³/mol. The molecule has 12 nitrogen and oxygen atoms in total. The number of esters is 2. The van der Waals surface area contributed by atoms with Crippen LogP contribution in [0.4, 0.5) is 0 Å². The van der Waals surface area contributed by atoms with Gasteiger partial charge in [-0.2, -0.15) is 0 Å². The monoisotopic (exact) mass is 754 g/mol. The molecule has 0 radical (unpaired) electrons. The van der Waals surface area contributed by atoms with Crippen molar-refractivity contribution in [2.45, 2.75) is 79.6 Å². The molecule has 1 aliphatic rings. The molecule has 1 aliphatic heterocycles. The molecule has 5 rings (SSSR count). The lowest BCUT2D eigenvalue weighted by atomic mass is 9.87. The summed E-state index contributed by atoms with van der Waals surface area (Å²) in [6, 6.07) is 11.3. The second kappa shape index (κ2) is 16.2. The van der Waals surface area contributed by atoms with Crippen LogP contribution in [-0.2, 0) is 20.7 Å². The lowest BCUT2D eigenvalue weighted by molar-refractivity contribution is -0.147. The van der Waals surface area contributed by atoms with Crippen LogP contribution >= 0.6 is 0 Å². The predicted octanol–water partition coefficient (Wildman–Crippen LogP) is 8.26. The first-order valence-electron chi connectivity index (χ1n) is 17.8. The number of carbonyl (C=O) groups excluding carboxylic acids is 3. The zero-order valence-corrected chi connectivity index (χ0v) is 32.0. The van der Waals surface area contributed by atoms with Gasteiger partial charge >= 0.3 is 11.9 Å². The van der Waals surface area contributed by atoms with Crippen LogP contribution in [0.15, 0.2) is 60.2 Å². The Hall–Kier alpha value is -6.01. The highest BCUT2D eigenvalue weighted by atomic mass is 16.6. The van der Waals surface area contributed by atoms with Crippen molar-refractivity contribution in [1.82, 2.24) is 0 Å². The molecule has 5 N–H and O–H groups in total. The van der Waals surface area contributed by atoms with Gasteiger partial charge in [0.05, 0.1) is 12.7 Å². The molecule has 3 atom stereocenters. The fraction of sp³-hybridized carbons (Fsp3) is 0.326. The SMILES string of the molecule is COc1c([C@H](CC(C)C)OC(C)=O)ccc2c1C(=O)O[C@H](c1cc(C)cc(O)c1C(=O)c1c(O)ccc(CC=C(C)C)c1O)[C@H](O)c1cc(C)cc(O)c1O2. The number of methoxy groups -OCH3 is 1. The number of ether oxygens (including phenoxy) is 4. The van der Waals surface area contributed by atoms with Crippen LogP contribution in [0.5, 0.6) is 40.2 Å². The van der Waals surface area contributed by atoms with Crippen molar-refractivity contribution >= 4 is 17.7 Å². The van der Waals surface area contributed by atoms with Crippen molar-refractivity contribution in [3.8, 4) is 40.2 Å². The van der Waals surface area contributed by atoms with Crippen molar-refractivity contribution in [2.24, 2.45) is 5.92 Å². The molecule has 0 spiro atoms. The van der Waals surface area contributed by atoms with Crippen molar-refractivity contribution in [1.29, 1.82) is 0 Å². The van der Waals surface area contributed by atoms with Crippen molar-refractivity contribution in [3.05, 3.63) is 110 Å². The van der Waals surface area contributed by atoms with Crippen molar-refractivity contribution < 1.29 is 58.9 Å². The summed E-state index contributed by atoms with van der Waals surface area (Å²) < 4.78 is 23.8. The van der Waals surface area contributed by atoms with Crippen LogP contribution in [0.2, 0.25) is 0 Å². The van der Waals surface area contributed by atoms with Gasteiger partial charge in [0.15, 0.2) is 17.6 Å². The Balaban J connectivity index is 1.79. The van der Waals surface area contributed by atoms with Crippen molar-refractivity contribution in [2.75, 3.05) is 7.11 Å². The summed E-state index contributed by atoms with van der Waals surface area (Å²) in [5, 5.41) is 57.1. The van der Waals surface area contributed by atoms with E-state index in [2.05, 4.69) is 0 Å². The lowest BCUT2D eigenvalue weighted by Crippen LogP contribution is -2.22. The van der Waals surface area contributed by atoms with E-state index in [9.17, 15) is 39.9 Å². The molecule has 4 aromatic carbocycles. The number of ketones is 1.